The van der Waals surface area contributed by atoms with Crippen molar-refractivity contribution in [2.75, 3.05) is 7.11 Å². The van der Waals surface area contributed by atoms with Gasteiger partial charge in [-0.1, -0.05) is 0 Å². The summed E-state index contributed by atoms with van der Waals surface area (Å²) >= 11 is 0. The Balaban J connectivity index is 3.18. The molecule has 0 aromatic heterocycles. The van der Waals surface area contributed by atoms with Crippen LogP contribution in [0.5, 0.6) is 5.75 Å². The molecule has 3 nitrogen and oxygen atoms in total. The molecule has 0 aliphatic carbocycles. The van der Waals surface area contributed by atoms with Crippen molar-refractivity contribution in [2.24, 2.45) is 0 Å². The molecule has 0 fully saturated rings. The minimum Gasteiger partial charge on any atom is -0.630 e. The highest BCUT2D eigenvalue weighted by Gasteiger charge is 2.05. The van der Waals surface area contributed by atoms with Crippen LogP contribution in [-0.4, -0.2) is 7.11 Å². The molecule has 1 rings (SSSR count). The summed E-state index contributed by atoms with van der Waals surface area (Å²) in [6, 6.07) is 3.72. The monoisotopic (exact) mass is 167 g/mol. The zero-order chi connectivity index (χ0) is 9.14. The average molecular weight is 167 g/mol. The first-order valence-corrected chi connectivity index (χ1v) is 3.79. The molecule has 0 saturated heterocycles. The van der Waals surface area contributed by atoms with Gasteiger partial charge in [0.2, 0.25) is 0 Å². The molecular weight excluding hydrogens is 154 g/mol. The van der Waals surface area contributed by atoms with Crippen molar-refractivity contribution in [1.29, 1.82) is 0 Å². The second-order valence-electron chi connectivity index (χ2n) is 2.79. The molecular formula is C9H13NO2. The van der Waals surface area contributed by atoms with E-state index in [9.17, 15) is 5.21 Å². The largest absolute Gasteiger partial charge is 0.630 e. The summed E-state index contributed by atoms with van der Waals surface area (Å²) in [4.78, 5) is 0. The summed E-state index contributed by atoms with van der Waals surface area (Å²) in [5.74, 6) is 0.801. The van der Waals surface area contributed by atoms with Crippen molar-refractivity contribution < 1.29 is 10.2 Å². The molecule has 2 N–H and O–H groups in total. The summed E-state index contributed by atoms with van der Waals surface area (Å²) in [7, 11) is 1.62. The van der Waals surface area contributed by atoms with Gasteiger partial charge in [-0.2, -0.15) is 0 Å². The summed E-state index contributed by atoms with van der Waals surface area (Å²) in [6.07, 6.45) is 0. The van der Waals surface area contributed by atoms with Crippen LogP contribution in [0.4, 0.5) is 5.69 Å². The molecule has 1 aromatic rings. The summed E-state index contributed by atoms with van der Waals surface area (Å²) in [5, 5.41) is 10.6. The van der Waals surface area contributed by atoms with Gasteiger partial charge in [-0.15, -0.1) is 0 Å². The molecule has 0 aliphatic rings. The first-order chi connectivity index (χ1) is 5.69. The number of hydrogen-bond donors (Lipinski definition) is 1. The SMILES string of the molecule is COc1cc(C)c([NH2+][O-])c(C)c1. The van der Waals surface area contributed by atoms with Crippen LogP contribution in [0.1, 0.15) is 11.1 Å². The topological polar surface area (TPSA) is 48.9 Å². The molecule has 0 saturated carbocycles. The first-order valence-electron chi connectivity index (χ1n) is 3.79. The predicted octanol–water partition coefficient (Wildman–Crippen LogP) is 1.00. The molecule has 0 bridgehead atoms. The van der Waals surface area contributed by atoms with Crippen molar-refractivity contribution in [1.82, 2.24) is 0 Å². The van der Waals surface area contributed by atoms with Crippen molar-refractivity contribution >= 4 is 5.69 Å². The normalized spacial score (nSPS) is 10.0. The molecule has 0 radical (unpaired) electrons. The van der Waals surface area contributed by atoms with Gasteiger partial charge in [0.15, 0.2) is 0 Å². The van der Waals surface area contributed by atoms with Crippen molar-refractivity contribution in [3.63, 3.8) is 0 Å². The van der Waals surface area contributed by atoms with Crippen LogP contribution in [0.25, 0.3) is 0 Å². The third-order valence-electron chi connectivity index (χ3n) is 1.92. The third-order valence-corrected chi connectivity index (χ3v) is 1.92. The minimum atomic E-state index is 0.760. The quantitative estimate of drug-likeness (QED) is 0.527. The second-order valence-corrected chi connectivity index (χ2v) is 2.79. The van der Waals surface area contributed by atoms with Gasteiger partial charge in [-0.05, 0) is 26.0 Å². The Bertz CT molecular complexity index is 261. The van der Waals surface area contributed by atoms with Gasteiger partial charge in [0.05, 0.1) is 7.11 Å². The van der Waals surface area contributed by atoms with Gasteiger partial charge in [0.25, 0.3) is 0 Å². The highest BCUT2D eigenvalue weighted by atomic mass is 16.5. The van der Waals surface area contributed by atoms with Gasteiger partial charge < -0.3 is 15.4 Å². The molecule has 3 heteroatoms. The molecule has 1 aromatic carbocycles. The molecule has 12 heavy (non-hydrogen) atoms. The number of quaternary nitrogens is 1. The zero-order valence-electron chi connectivity index (χ0n) is 7.55. The number of nitrogens with two attached hydrogens (primary N) is 1. The van der Waals surface area contributed by atoms with E-state index in [1.165, 1.54) is 0 Å². The van der Waals surface area contributed by atoms with E-state index in [0.717, 1.165) is 28.0 Å². The van der Waals surface area contributed by atoms with E-state index < -0.39 is 0 Å². The van der Waals surface area contributed by atoms with Gasteiger partial charge in [-0.3, -0.25) is 0 Å². The maximum absolute atomic E-state index is 10.6. The zero-order valence-corrected chi connectivity index (χ0v) is 7.55. The van der Waals surface area contributed by atoms with Gasteiger partial charge in [-0.25, -0.2) is 0 Å². The van der Waals surface area contributed by atoms with E-state index >= 15 is 0 Å². The van der Waals surface area contributed by atoms with Gasteiger partial charge >= 0.3 is 0 Å². The Labute approximate surface area is 71.9 Å². The van der Waals surface area contributed by atoms with E-state index in [1.54, 1.807) is 7.11 Å². The van der Waals surface area contributed by atoms with Crippen LogP contribution >= 0.6 is 0 Å². The lowest BCUT2D eigenvalue weighted by Crippen LogP contribution is -2.71. The lowest BCUT2D eigenvalue weighted by molar-refractivity contribution is -0.498. The third kappa shape index (κ3) is 1.57. The highest BCUT2D eigenvalue weighted by Crippen LogP contribution is 2.22. The molecule has 66 valence electrons. The Hall–Kier alpha value is -1.06. The maximum Gasteiger partial charge on any atom is 0.135 e. The van der Waals surface area contributed by atoms with Crippen molar-refractivity contribution in [3.8, 4) is 5.75 Å². The van der Waals surface area contributed by atoms with Crippen LogP contribution in [0.3, 0.4) is 0 Å². The van der Waals surface area contributed by atoms with E-state index in [4.69, 9.17) is 4.74 Å². The Morgan fingerprint density at radius 2 is 1.75 bits per heavy atom. The fourth-order valence-corrected chi connectivity index (χ4v) is 1.24. The Kier molecular flexibility index (Phi) is 2.68. The van der Waals surface area contributed by atoms with Crippen LogP contribution in [0, 0.1) is 19.1 Å². The molecule has 0 atom stereocenters. The Morgan fingerprint density at radius 1 is 1.25 bits per heavy atom. The van der Waals surface area contributed by atoms with E-state index in [1.807, 2.05) is 26.0 Å². The number of ether oxygens (including phenoxy) is 1. The van der Waals surface area contributed by atoms with Crippen molar-refractivity contribution in [2.45, 2.75) is 13.8 Å². The lowest BCUT2D eigenvalue weighted by Gasteiger charge is -2.10. The molecule has 0 amide bonds. The van der Waals surface area contributed by atoms with Crippen LogP contribution < -0.4 is 10.2 Å². The van der Waals surface area contributed by atoms with E-state index in [2.05, 4.69) is 0 Å². The first kappa shape index (κ1) is 9.03. The number of rotatable bonds is 2. The fraction of sp³-hybridized carbons (Fsp3) is 0.333. The number of aryl methyl sites for hydroxylation is 2. The molecule has 0 heterocycles. The Morgan fingerprint density at radius 3 is 2.08 bits per heavy atom. The summed E-state index contributed by atoms with van der Waals surface area (Å²) in [6.45, 7) is 3.80. The standard InChI is InChI=1S/C9H13NO2/c1-6-4-8(12-3)5-7(2)9(6)10-11/h4-5H,10H2,1-3H3. The number of hydrogen-bond acceptors (Lipinski definition) is 2. The maximum atomic E-state index is 10.6. The highest BCUT2D eigenvalue weighted by molar-refractivity contribution is 5.50. The smallest absolute Gasteiger partial charge is 0.135 e. The van der Waals surface area contributed by atoms with Crippen LogP contribution in [0.2, 0.25) is 0 Å². The minimum absolute atomic E-state index is 0.760. The fourth-order valence-electron chi connectivity index (χ4n) is 1.24. The van der Waals surface area contributed by atoms with E-state index in [0.29, 0.717) is 0 Å². The van der Waals surface area contributed by atoms with Gasteiger partial charge in [0, 0.05) is 11.1 Å². The van der Waals surface area contributed by atoms with E-state index in [-0.39, 0.29) is 0 Å². The van der Waals surface area contributed by atoms with Crippen molar-refractivity contribution in [3.05, 3.63) is 28.5 Å². The predicted molar refractivity (Wildman–Crippen MR) is 47.4 cm³/mol. The average Bonchev–Trinajstić information content (AvgIpc) is 2.03. The summed E-state index contributed by atoms with van der Waals surface area (Å²) < 4.78 is 5.06. The van der Waals surface area contributed by atoms with Crippen LogP contribution in [0.15, 0.2) is 12.1 Å². The number of benzene rings is 1. The van der Waals surface area contributed by atoms with Gasteiger partial charge in [0.1, 0.15) is 11.4 Å². The number of methoxy groups -OCH3 is 1. The van der Waals surface area contributed by atoms with Crippen LogP contribution in [-0.2, 0) is 0 Å². The lowest BCUT2D eigenvalue weighted by atomic mass is 10.1. The summed E-state index contributed by atoms with van der Waals surface area (Å²) in [5.41, 5.74) is 3.56. The second kappa shape index (κ2) is 3.56. The molecule has 0 aliphatic heterocycles. The molecule has 0 unspecified atom stereocenters. The molecule has 0 spiro atoms.